The molecule has 0 aliphatic heterocycles. The highest BCUT2D eigenvalue weighted by atomic mass is 19.2. The maximum absolute atomic E-state index is 13.2. The molecule has 0 radical (unpaired) electrons. The van der Waals surface area contributed by atoms with E-state index in [4.69, 9.17) is 4.52 Å². The summed E-state index contributed by atoms with van der Waals surface area (Å²) in [6, 6.07) is 6.09. The Hall–Kier alpha value is -3.36. The highest BCUT2D eigenvalue weighted by Crippen LogP contribution is 2.16. The van der Waals surface area contributed by atoms with Crippen LogP contribution >= 0.6 is 0 Å². The average molecular weight is 331 g/mol. The van der Waals surface area contributed by atoms with Gasteiger partial charge in [-0.3, -0.25) is 4.79 Å². The van der Waals surface area contributed by atoms with Gasteiger partial charge in [0.25, 0.3) is 5.91 Å². The van der Waals surface area contributed by atoms with Gasteiger partial charge < -0.3 is 15.2 Å². The first kappa shape index (κ1) is 15.5. The van der Waals surface area contributed by atoms with Crippen molar-refractivity contribution in [2.45, 2.75) is 6.92 Å². The summed E-state index contributed by atoms with van der Waals surface area (Å²) < 4.78 is 31.0. The number of aromatic nitrogens is 3. The molecule has 0 saturated carbocycles. The Morgan fingerprint density at radius 2 is 1.92 bits per heavy atom. The minimum absolute atomic E-state index is 0.0393. The quantitative estimate of drug-likeness (QED) is 0.763. The summed E-state index contributed by atoms with van der Waals surface area (Å²) in [7, 11) is 0. The van der Waals surface area contributed by atoms with E-state index in [0.29, 0.717) is 17.4 Å². The monoisotopic (exact) mass is 331 g/mol. The van der Waals surface area contributed by atoms with Crippen molar-refractivity contribution in [2.75, 3.05) is 10.6 Å². The van der Waals surface area contributed by atoms with Gasteiger partial charge in [0.15, 0.2) is 17.5 Å². The fourth-order valence-corrected chi connectivity index (χ4v) is 1.88. The van der Waals surface area contributed by atoms with Gasteiger partial charge in [-0.1, -0.05) is 5.16 Å². The smallest absolute Gasteiger partial charge is 0.274 e. The number of carbonyl (C=O) groups is 1. The molecule has 0 saturated heterocycles. The number of nitrogens with one attached hydrogen (secondary N) is 2. The van der Waals surface area contributed by atoms with Gasteiger partial charge in [0.05, 0.1) is 0 Å². The molecule has 1 amide bonds. The maximum Gasteiger partial charge on any atom is 0.274 e. The van der Waals surface area contributed by atoms with E-state index in [1.807, 2.05) is 0 Å². The highest BCUT2D eigenvalue weighted by molar-refractivity contribution is 6.03. The van der Waals surface area contributed by atoms with E-state index in [-0.39, 0.29) is 11.4 Å². The summed E-state index contributed by atoms with van der Waals surface area (Å²) in [5, 5.41) is 9.03. The van der Waals surface area contributed by atoms with Crippen molar-refractivity contribution < 1.29 is 18.1 Å². The molecular formula is C15H11F2N5O2. The summed E-state index contributed by atoms with van der Waals surface area (Å²) >= 11 is 0. The second-order valence-electron chi connectivity index (χ2n) is 4.82. The Morgan fingerprint density at radius 3 is 2.62 bits per heavy atom. The van der Waals surface area contributed by atoms with Gasteiger partial charge in [-0.2, -0.15) is 0 Å². The molecule has 0 aliphatic carbocycles. The molecule has 122 valence electrons. The fraction of sp³-hybridized carbons (Fsp3) is 0.0667. The molecule has 2 aromatic heterocycles. The molecular weight excluding hydrogens is 320 g/mol. The zero-order chi connectivity index (χ0) is 17.1. The number of hydrogen-bond donors (Lipinski definition) is 2. The lowest BCUT2D eigenvalue weighted by atomic mass is 10.3. The van der Waals surface area contributed by atoms with Crippen molar-refractivity contribution in [3.63, 3.8) is 0 Å². The highest BCUT2D eigenvalue weighted by Gasteiger charge is 2.11. The van der Waals surface area contributed by atoms with Crippen molar-refractivity contribution in [3.8, 4) is 0 Å². The Balaban J connectivity index is 1.75. The van der Waals surface area contributed by atoms with E-state index in [1.165, 1.54) is 18.5 Å². The second-order valence-corrected chi connectivity index (χ2v) is 4.82. The topological polar surface area (TPSA) is 92.9 Å². The summed E-state index contributed by atoms with van der Waals surface area (Å²) in [4.78, 5) is 20.0. The Morgan fingerprint density at radius 1 is 1.08 bits per heavy atom. The normalized spacial score (nSPS) is 10.5. The maximum atomic E-state index is 13.2. The van der Waals surface area contributed by atoms with E-state index in [0.717, 1.165) is 12.1 Å². The molecule has 0 bridgehead atoms. The molecule has 0 unspecified atom stereocenters. The van der Waals surface area contributed by atoms with Crippen molar-refractivity contribution in [1.29, 1.82) is 0 Å². The number of aryl methyl sites for hydroxylation is 1. The van der Waals surface area contributed by atoms with Crippen LogP contribution in [0.3, 0.4) is 0 Å². The molecule has 0 fully saturated rings. The molecule has 0 aliphatic rings. The van der Waals surface area contributed by atoms with Gasteiger partial charge in [-0.25, -0.2) is 18.7 Å². The lowest BCUT2D eigenvalue weighted by Crippen LogP contribution is -2.14. The third-order valence-corrected chi connectivity index (χ3v) is 2.96. The standard InChI is InChI=1S/C15H11F2N5O2/c1-8-4-14(22-24-8)21-13-6-12(18-7-19-13)15(23)20-9-2-3-10(16)11(17)5-9/h2-7H,1H3,(H,20,23)(H,18,19,21,22). The predicted octanol–water partition coefficient (Wildman–Crippen LogP) is 3.05. The Bertz CT molecular complexity index is 897. The van der Waals surface area contributed by atoms with Crippen LogP contribution in [0.1, 0.15) is 16.2 Å². The second kappa shape index (κ2) is 6.41. The SMILES string of the molecule is Cc1cc(Nc2cc(C(=O)Nc3ccc(F)c(F)c3)ncn2)no1. The van der Waals surface area contributed by atoms with Crippen LogP contribution in [0.2, 0.25) is 0 Å². The summed E-state index contributed by atoms with van der Waals surface area (Å²) in [6.07, 6.45) is 1.19. The van der Waals surface area contributed by atoms with E-state index in [9.17, 15) is 13.6 Å². The summed E-state index contributed by atoms with van der Waals surface area (Å²) in [5.41, 5.74) is 0.150. The molecule has 0 atom stereocenters. The molecule has 2 N–H and O–H groups in total. The van der Waals surface area contributed by atoms with Gasteiger partial charge in [0.2, 0.25) is 0 Å². The van der Waals surface area contributed by atoms with Crippen molar-refractivity contribution >= 4 is 23.2 Å². The summed E-state index contributed by atoms with van der Waals surface area (Å²) in [5.74, 6) is -1.28. The number of carbonyl (C=O) groups excluding carboxylic acids is 1. The van der Waals surface area contributed by atoms with Crippen LogP contribution in [0, 0.1) is 18.6 Å². The summed E-state index contributed by atoms with van der Waals surface area (Å²) in [6.45, 7) is 1.73. The molecule has 1 aromatic carbocycles. The van der Waals surface area contributed by atoms with Crippen molar-refractivity contribution in [1.82, 2.24) is 15.1 Å². The zero-order valence-corrected chi connectivity index (χ0v) is 12.4. The first-order valence-corrected chi connectivity index (χ1v) is 6.80. The van der Waals surface area contributed by atoms with E-state index in [2.05, 4.69) is 25.8 Å². The van der Waals surface area contributed by atoms with E-state index >= 15 is 0 Å². The predicted molar refractivity (Wildman–Crippen MR) is 80.9 cm³/mol. The lowest BCUT2D eigenvalue weighted by molar-refractivity contribution is 0.102. The van der Waals surface area contributed by atoms with Crippen LogP contribution in [0.4, 0.5) is 26.1 Å². The first-order chi connectivity index (χ1) is 11.5. The number of rotatable bonds is 4. The Kier molecular flexibility index (Phi) is 4.15. The number of amides is 1. The van der Waals surface area contributed by atoms with Crippen LogP contribution in [0.25, 0.3) is 0 Å². The average Bonchev–Trinajstić information content (AvgIpc) is 2.96. The number of anilines is 3. The third kappa shape index (κ3) is 3.51. The van der Waals surface area contributed by atoms with E-state index in [1.54, 1.807) is 13.0 Å². The van der Waals surface area contributed by atoms with Crippen LogP contribution < -0.4 is 10.6 Å². The number of nitrogens with zero attached hydrogens (tertiary/aromatic N) is 3. The minimum atomic E-state index is -1.06. The third-order valence-electron chi connectivity index (χ3n) is 2.96. The number of halogens is 2. The van der Waals surface area contributed by atoms with Gasteiger partial charge in [0.1, 0.15) is 23.6 Å². The first-order valence-electron chi connectivity index (χ1n) is 6.80. The molecule has 0 spiro atoms. The number of benzene rings is 1. The molecule has 9 heteroatoms. The largest absolute Gasteiger partial charge is 0.360 e. The van der Waals surface area contributed by atoms with Gasteiger partial charge >= 0.3 is 0 Å². The zero-order valence-electron chi connectivity index (χ0n) is 12.4. The van der Waals surface area contributed by atoms with Gasteiger partial charge in [-0.15, -0.1) is 0 Å². The van der Waals surface area contributed by atoms with Crippen LogP contribution in [0.15, 0.2) is 41.2 Å². The minimum Gasteiger partial charge on any atom is -0.360 e. The van der Waals surface area contributed by atoms with Crippen molar-refractivity contribution in [2.24, 2.45) is 0 Å². The number of hydrogen-bond acceptors (Lipinski definition) is 6. The fourth-order valence-electron chi connectivity index (χ4n) is 1.88. The van der Waals surface area contributed by atoms with E-state index < -0.39 is 17.5 Å². The van der Waals surface area contributed by atoms with Crippen molar-refractivity contribution in [3.05, 3.63) is 59.7 Å². The van der Waals surface area contributed by atoms with Gasteiger partial charge in [-0.05, 0) is 19.1 Å². The molecule has 3 aromatic rings. The van der Waals surface area contributed by atoms with Crippen LogP contribution in [-0.2, 0) is 0 Å². The molecule has 3 rings (SSSR count). The molecule has 7 nitrogen and oxygen atoms in total. The van der Waals surface area contributed by atoms with Crippen LogP contribution in [0.5, 0.6) is 0 Å². The lowest BCUT2D eigenvalue weighted by Gasteiger charge is -2.06. The molecule has 2 heterocycles. The Labute approximate surface area is 134 Å². The molecule has 24 heavy (non-hydrogen) atoms. The van der Waals surface area contributed by atoms with Gasteiger partial charge in [0, 0.05) is 23.9 Å². The van der Waals surface area contributed by atoms with Crippen LogP contribution in [-0.4, -0.2) is 21.0 Å².